The molecule has 0 aliphatic heterocycles. The lowest BCUT2D eigenvalue weighted by Gasteiger charge is -2.27. The Morgan fingerprint density at radius 1 is 1.32 bits per heavy atom. The van der Waals surface area contributed by atoms with Crippen molar-refractivity contribution < 1.29 is 18.7 Å². The monoisotopic (exact) mass is 266 g/mol. The molecule has 1 aromatic carbocycles. The molecule has 4 nitrogen and oxygen atoms in total. The van der Waals surface area contributed by atoms with Gasteiger partial charge in [0.1, 0.15) is 11.2 Å². The minimum atomic E-state index is -1.32. The number of halogens is 2. The first-order chi connectivity index (χ1) is 8.98. The lowest BCUT2D eigenvalue weighted by atomic mass is 9.97. The molecule has 1 aliphatic carbocycles. The molecule has 1 aromatic rings. The van der Waals surface area contributed by atoms with Crippen LogP contribution in [0, 0.1) is 23.0 Å². The number of anilines is 1. The Labute approximate surface area is 108 Å². The molecule has 6 heteroatoms. The Balaban J connectivity index is 2.38. The Bertz CT molecular complexity index is 537. The molecule has 1 aliphatic rings. The van der Waals surface area contributed by atoms with E-state index < -0.39 is 28.8 Å². The van der Waals surface area contributed by atoms with Crippen LogP contribution in [0.1, 0.15) is 31.2 Å². The van der Waals surface area contributed by atoms with Gasteiger partial charge in [-0.2, -0.15) is 5.26 Å². The van der Waals surface area contributed by atoms with Crippen molar-refractivity contribution in [3.05, 3.63) is 29.3 Å². The zero-order chi connectivity index (χ0) is 14.0. The SMILES string of the molecule is N#Cc1cc(F)c(NC2(C(=O)O)CCCC2)c(F)c1. The van der Waals surface area contributed by atoms with Crippen LogP contribution in [0.3, 0.4) is 0 Å². The molecule has 0 amide bonds. The third kappa shape index (κ3) is 2.36. The summed E-state index contributed by atoms with van der Waals surface area (Å²) in [5.41, 5.74) is -1.95. The normalized spacial score (nSPS) is 16.9. The molecule has 0 heterocycles. The van der Waals surface area contributed by atoms with Crippen LogP contribution in [-0.2, 0) is 4.79 Å². The van der Waals surface area contributed by atoms with Crippen LogP contribution in [0.2, 0.25) is 0 Å². The summed E-state index contributed by atoms with van der Waals surface area (Å²) in [6, 6.07) is 3.41. The van der Waals surface area contributed by atoms with E-state index in [0.717, 1.165) is 12.1 Å². The van der Waals surface area contributed by atoms with Crippen LogP contribution in [0.15, 0.2) is 12.1 Å². The minimum absolute atomic E-state index is 0.142. The number of benzene rings is 1. The van der Waals surface area contributed by atoms with Gasteiger partial charge in [-0.05, 0) is 25.0 Å². The highest BCUT2D eigenvalue weighted by molar-refractivity contribution is 5.83. The van der Waals surface area contributed by atoms with Crippen LogP contribution < -0.4 is 5.32 Å². The summed E-state index contributed by atoms with van der Waals surface area (Å²) >= 11 is 0. The first kappa shape index (κ1) is 13.3. The predicted octanol–water partition coefficient (Wildman–Crippen LogP) is 2.65. The summed E-state index contributed by atoms with van der Waals surface area (Å²) in [5.74, 6) is -3.03. The van der Waals surface area contributed by atoms with E-state index in [4.69, 9.17) is 5.26 Å². The number of carbonyl (C=O) groups is 1. The Morgan fingerprint density at radius 2 is 1.84 bits per heavy atom. The fourth-order valence-corrected chi connectivity index (χ4v) is 2.37. The van der Waals surface area contributed by atoms with Crippen LogP contribution >= 0.6 is 0 Å². The standard InChI is InChI=1S/C13H12F2N2O2/c14-9-5-8(7-16)6-10(15)11(9)17-13(12(18)19)3-1-2-4-13/h5-6,17H,1-4H2,(H,18,19). The average Bonchev–Trinajstić information content (AvgIpc) is 2.83. The lowest BCUT2D eigenvalue weighted by Crippen LogP contribution is -2.44. The highest BCUT2D eigenvalue weighted by atomic mass is 19.1. The van der Waals surface area contributed by atoms with E-state index >= 15 is 0 Å². The molecule has 0 saturated heterocycles. The Hall–Kier alpha value is -2.16. The molecule has 0 spiro atoms. The van der Waals surface area contributed by atoms with Crippen molar-refractivity contribution in [1.82, 2.24) is 0 Å². The third-order valence-electron chi connectivity index (χ3n) is 3.40. The summed E-state index contributed by atoms with van der Waals surface area (Å²) in [7, 11) is 0. The van der Waals surface area contributed by atoms with Gasteiger partial charge < -0.3 is 10.4 Å². The second-order valence-corrected chi connectivity index (χ2v) is 4.65. The Kier molecular flexibility index (Phi) is 3.38. The van der Waals surface area contributed by atoms with Gasteiger partial charge in [0.25, 0.3) is 0 Å². The smallest absolute Gasteiger partial charge is 0.329 e. The molecule has 0 unspecified atom stereocenters. The maximum Gasteiger partial charge on any atom is 0.329 e. The largest absolute Gasteiger partial charge is 0.480 e. The fraction of sp³-hybridized carbons (Fsp3) is 0.385. The summed E-state index contributed by atoms with van der Waals surface area (Å²) in [6.07, 6.45) is 2.03. The fourth-order valence-electron chi connectivity index (χ4n) is 2.37. The van der Waals surface area contributed by atoms with Crippen molar-refractivity contribution in [2.75, 3.05) is 5.32 Å². The van der Waals surface area contributed by atoms with Gasteiger partial charge in [-0.1, -0.05) is 12.8 Å². The van der Waals surface area contributed by atoms with Crippen molar-refractivity contribution in [1.29, 1.82) is 5.26 Å². The second-order valence-electron chi connectivity index (χ2n) is 4.65. The van der Waals surface area contributed by atoms with Gasteiger partial charge in [-0.3, -0.25) is 0 Å². The molecule has 1 fully saturated rings. The van der Waals surface area contributed by atoms with Crippen molar-refractivity contribution >= 4 is 11.7 Å². The van der Waals surface area contributed by atoms with Gasteiger partial charge in [0.15, 0.2) is 11.6 Å². The van der Waals surface area contributed by atoms with E-state index in [1.54, 1.807) is 6.07 Å². The quantitative estimate of drug-likeness (QED) is 0.882. The predicted molar refractivity (Wildman–Crippen MR) is 63.5 cm³/mol. The number of carboxylic acid groups (broad SMARTS) is 1. The molecule has 1 saturated carbocycles. The molecule has 0 aromatic heterocycles. The molecule has 0 bridgehead atoms. The summed E-state index contributed by atoms with van der Waals surface area (Å²) < 4.78 is 27.5. The summed E-state index contributed by atoms with van der Waals surface area (Å²) in [6.45, 7) is 0. The number of aliphatic carboxylic acids is 1. The zero-order valence-electron chi connectivity index (χ0n) is 10.0. The maximum absolute atomic E-state index is 13.7. The number of nitrogens with one attached hydrogen (secondary N) is 1. The van der Waals surface area contributed by atoms with Gasteiger partial charge >= 0.3 is 5.97 Å². The van der Waals surface area contributed by atoms with Gasteiger partial charge in [0.2, 0.25) is 0 Å². The number of carboxylic acids is 1. The second kappa shape index (κ2) is 4.84. The van der Waals surface area contributed by atoms with Crippen molar-refractivity contribution in [2.45, 2.75) is 31.2 Å². The van der Waals surface area contributed by atoms with Gasteiger partial charge in [0.05, 0.1) is 11.6 Å². The molecule has 0 atom stereocenters. The van der Waals surface area contributed by atoms with Gasteiger partial charge in [0, 0.05) is 0 Å². The van der Waals surface area contributed by atoms with Gasteiger partial charge in [-0.15, -0.1) is 0 Å². The average molecular weight is 266 g/mol. The topological polar surface area (TPSA) is 73.1 Å². The molecule has 0 radical (unpaired) electrons. The number of hydrogen-bond acceptors (Lipinski definition) is 3. The van der Waals surface area contributed by atoms with E-state index in [2.05, 4.69) is 5.32 Å². The van der Waals surface area contributed by atoms with Crippen LogP contribution in [0.25, 0.3) is 0 Å². The third-order valence-corrected chi connectivity index (χ3v) is 3.40. The maximum atomic E-state index is 13.7. The molecule has 100 valence electrons. The van der Waals surface area contributed by atoms with Crippen molar-refractivity contribution in [3.63, 3.8) is 0 Å². The van der Waals surface area contributed by atoms with Crippen molar-refractivity contribution in [2.24, 2.45) is 0 Å². The first-order valence-electron chi connectivity index (χ1n) is 5.89. The van der Waals surface area contributed by atoms with E-state index in [-0.39, 0.29) is 5.56 Å². The minimum Gasteiger partial charge on any atom is -0.480 e. The number of hydrogen-bond donors (Lipinski definition) is 2. The number of nitrogens with zero attached hydrogens (tertiary/aromatic N) is 1. The molecular formula is C13H12F2N2O2. The summed E-state index contributed by atoms with van der Waals surface area (Å²) in [5, 5.41) is 20.3. The van der Waals surface area contributed by atoms with Gasteiger partial charge in [-0.25, -0.2) is 13.6 Å². The zero-order valence-corrected chi connectivity index (χ0v) is 10.0. The molecule has 2 rings (SSSR count). The molecule has 2 N–H and O–H groups in total. The van der Waals surface area contributed by atoms with E-state index in [1.807, 2.05) is 0 Å². The molecule has 19 heavy (non-hydrogen) atoms. The van der Waals surface area contributed by atoms with Crippen LogP contribution in [0.4, 0.5) is 14.5 Å². The van der Waals surface area contributed by atoms with Crippen LogP contribution in [0.5, 0.6) is 0 Å². The van der Waals surface area contributed by atoms with Crippen molar-refractivity contribution in [3.8, 4) is 6.07 Å². The summed E-state index contributed by atoms with van der Waals surface area (Å²) in [4.78, 5) is 11.3. The lowest BCUT2D eigenvalue weighted by molar-refractivity contribution is -0.142. The van der Waals surface area contributed by atoms with E-state index in [0.29, 0.717) is 25.7 Å². The highest BCUT2D eigenvalue weighted by Crippen LogP contribution is 2.35. The van der Waals surface area contributed by atoms with Crippen LogP contribution in [-0.4, -0.2) is 16.6 Å². The number of rotatable bonds is 3. The Morgan fingerprint density at radius 3 is 2.26 bits per heavy atom. The molecular weight excluding hydrogens is 254 g/mol. The highest BCUT2D eigenvalue weighted by Gasteiger charge is 2.42. The van der Waals surface area contributed by atoms with E-state index in [1.165, 1.54) is 0 Å². The van der Waals surface area contributed by atoms with E-state index in [9.17, 15) is 18.7 Å². The number of nitriles is 1. The first-order valence-corrected chi connectivity index (χ1v) is 5.89.